The van der Waals surface area contributed by atoms with Crippen LogP contribution in [0.25, 0.3) is 0 Å². The quantitative estimate of drug-likeness (QED) is 0.868. The van der Waals surface area contributed by atoms with E-state index in [1.165, 1.54) is 0 Å². The maximum atomic E-state index is 9.90. The van der Waals surface area contributed by atoms with Crippen molar-refractivity contribution in [3.63, 3.8) is 0 Å². The Morgan fingerprint density at radius 3 is 2.50 bits per heavy atom. The molecule has 1 fully saturated rings. The van der Waals surface area contributed by atoms with Gasteiger partial charge in [-0.15, -0.1) is 0 Å². The Morgan fingerprint density at radius 2 is 1.95 bits per heavy atom. The largest absolute Gasteiger partial charge is 0.493 e. The van der Waals surface area contributed by atoms with Crippen LogP contribution in [0, 0.1) is 0 Å². The zero-order chi connectivity index (χ0) is 16.1. The maximum Gasteiger partial charge on any atom is 0.161 e. The van der Waals surface area contributed by atoms with E-state index in [9.17, 15) is 5.11 Å². The molecule has 1 heterocycles. The second-order valence-electron chi connectivity index (χ2n) is 5.79. The van der Waals surface area contributed by atoms with Crippen LogP contribution in [0.3, 0.4) is 0 Å². The lowest BCUT2D eigenvalue weighted by Gasteiger charge is -2.42. The van der Waals surface area contributed by atoms with Crippen molar-refractivity contribution in [1.29, 1.82) is 0 Å². The molecule has 0 aromatic heterocycles. The van der Waals surface area contributed by atoms with E-state index in [1.54, 1.807) is 14.2 Å². The minimum absolute atomic E-state index is 0.00117. The molecule has 5 nitrogen and oxygen atoms in total. The van der Waals surface area contributed by atoms with E-state index < -0.39 is 0 Å². The smallest absolute Gasteiger partial charge is 0.161 e. The highest BCUT2D eigenvalue weighted by Gasteiger charge is 2.28. The number of hydrogen-bond acceptors (Lipinski definition) is 5. The van der Waals surface area contributed by atoms with E-state index >= 15 is 0 Å². The highest BCUT2D eigenvalue weighted by atomic mass is 16.5. The molecule has 5 heteroatoms. The topological polar surface area (TPSA) is 45.2 Å². The van der Waals surface area contributed by atoms with Crippen molar-refractivity contribution >= 4 is 0 Å². The Bertz CT molecular complexity index is 481. The average molecular weight is 308 g/mol. The zero-order valence-electron chi connectivity index (χ0n) is 14.1. The first kappa shape index (κ1) is 17.1. The van der Waals surface area contributed by atoms with Gasteiger partial charge in [-0.25, -0.2) is 0 Å². The number of nitrogens with zero attached hydrogens (tertiary/aromatic N) is 2. The highest BCUT2D eigenvalue weighted by Crippen LogP contribution is 2.32. The number of piperazine rings is 1. The molecule has 0 amide bonds. The molecule has 2 unspecified atom stereocenters. The molecule has 2 rings (SSSR count). The van der Waals surface area contributed by atoms with Gasteiger partial charge in [0.15, 0.2) is 11.5 Å². The first-order valence-corrected chi connectivity index (χ1v) is 7.95. The van der Waals surface area contributed by atoms with Crippen molar-refractivity contribution in [3.05, 3.63) is 23.8 Å². The molecule has 0 saturated carbocycles. The van der Waals surface area contributed by atoms with E-state index in [4.69, 9.17) is 9.47 Å². The molecule has 1 aromatic carbocycles. The van der Waals surface area contributed by atoms with Gasteiger partial charge in [0.25, 0.3) is 0 Å². The number of rotatable bonds is 6. The van der Waals surface area contributed by atoms with Gasteiger partial charge in [-0.2, -0.15) is 0 Å². The number of aliphatic hydroxyl groups excluding tert-OH is 1. The number of hydrogen-bond donors (Lipinski definition) is 1. The summed E-state index contributed by atoms with van der Waals surface area (Å²) < 4.78 is 10.7. The van der Waals surface area contributed by atoms with Crippen molar-refractivity contribution in [3.8, 4) is 11.5 Å². The molecule has 0 radical (unpaired) electrons. The van der Waals surface area contributed by atoms with Crippen LogP contribution in [0.2, 0.25) is 0 Å². The SMILES string of the molecule is CCN1CCN(C(CO)c2ccc(OC)c(OC)c2)CC1C. The van der Waals surface area contributed by atoms with Crippen LogP contribution < -0.4 is 9.47 Å². The lowest BCUT2D eigenvalue weighted by molar-refractivity contribution is 0.0366. The summed E-state index contributed by atoms with van der Waals surface area (Å²) in [7, 11) is 3.27. The van der Waals surface area contributed by atoms with Crippen LogP contribution in [0.5, 0.6) is 11.5 Å². The third-order valence-electron chi connectivity index (χ3n) is 4.61. The predicted molar refractivity (Wildman–Crippen MR) is 87.7 cm³/mol. The van der Waals surface area contributed by atoms with Gasteiger partial charge in [-0.1, -0.05) is 13.0 Å². The van der Waals surface area contributed by atoms with Crippen molar-refractivity contribution in [2.24, 2.45) is 0 Å². The molecular formula is C17H28N2O3. The number of ether oxygens (including phenoxy) is 2. The molecular weight excluding hydrogens is 280 g/mol. The number of aliphatic hydroxyl groups is 1. The van der Waals surface area contributed by atoms with E-state index in [-0.39, 0.29) is 12.6 Å². The van der Waals surface area contributed by atoms with Crippen molar-refractivity contribution in [2.75, 3.05) is 47.0 Å². The standard InChI is InChI=1S/C17H28N2O3/c1-5-18-8-9-19(11-13(18)2)15(12-20)14-6-7-16(21-3)17(10-14)22-4/h6-7,10,13,15,20H,5,8-9,11-12H2,1-4H3. The summed E-state index contributed by atoms with van der Waals surface area (Å²) in [5.74, 6) is 1.42. The third kappa shape index (κ3) is 3.54. The van der Waals surface area contributed by atoms with Crippen LogP contribution in [0.4, 0.5) is 0 Å². The minimum atomic E-state index is 0.00117. The van der Waals surface area contributed by atoms with Crippen molar-refractivity contribution in [1.82, 2.24) is 9.80 Å². The second-order valence-corrected chi connectivity index (χ2v) is 5.79. The van der Waals surface area contributed by atoms with Crippen molar-refractivity contribution in [2.45, 2.75) is 25.9 Å². The lowest BCUT2D eigenvalue weighted by Crippen LogP contribution is -2.53. The molecule has 1 aromatic rings. The van der Waals surface area contributed by atoms with E-state index in [2.05, 4.69) is 23.6 Å². The van der Waals surface area contributed by atoms with E-state index in [0.717, 1.165) is 31.7 Å². The van der Waals surface area contributed by atoms with Gasteiger partial charge in [-0.05, 0) is 31.2 Å². The molecule has 0 spiro atoms. The molecule has 1 aliphatic heterocycles. The summed E-state index contributed by atoms with van der Waals surface area (Å²) in [6.07, 6.45) is 0. The molecule has 22 heavy (non-hydrogen) atoms. The number of likely N-dealkylation sites (N-methyl/N-ethyl adjacent to an activating group) is 1. The van der Waals surface area contributed by atoms with E-state index in [0.29, 0.717) is 17.5 Å². The van der Waals surface area contributed by atoms with Gasteiger partial charge in [0.05, 0.1) is 26.9 Å². The molecule has 1 aliphatic rings. The summed E-state index contributed by atoms with van der Waals surface area (Å²) in [5, 5.41) is 9.90. The zero-order valence-corrected chi connectivity index (χ0v) is 14.1. The van der Waals surface area contributed by atoms with Gasteiger partial charge < -0.3 is 14.6 Å². The van der Waals surface area contributed by atoms with Crippen LogP contribution in [-0.4, -0.2) is 68.0 Å². The maximum absolute atomic E-state index is 9.90. The predicted octanol–water partition coefficient (Wildman–Crippen LogP) is 1.76. The number of benzene rings is 1. The molecule has 0 aliphatic carbocycles. The first-order chi connectivity index (χ1) is 10.6. The Morgan fingerprint density at radius 1 is 1.23 bits per heavy atom. The summed E-state index contributed by atoms with van der Waals surface area (Å²) >= 11 is 0. The molecule has 2 atom stereocenters. The van der Waals surface area contributed by atoms with Crippen molar-refractivity contribution < 1.29 is 14.6 Å². The number of methoxy groups -OCH3 is 2. The fraction of sp³-hybridized carbons (Fsp3) is 0.647. The average Bonchev–Trinajstić information content (AvgIpc) is 2.55. The monoisotopic (exact) mass is 308 g/mol. The Kier molecular flexibility index (Phi) is 6.06. The first-order valence-electron chi connectivity index (χ1n) is 7.95. The van der Waals surface area contributed by atoms with Gasteiger partial charge in [-0.3, -0.25) is 9.80 Å². The summed E-state index contributed by atoms with van der Waals surface area (Å²) in [4.78, 5) is 4.83. The van der Waals surface area contributed by atoms with Crippen LogP contribution >= 0.6 is 0 Å². The summed E-state index contributed by atoms with van der Waals surface area (Å²) in [5.41, 5.74) is 1.07. The Labute approximate surface area is 133 Å². The summed E-state index contributed by atoms with van der Waals surface area (Å²) in [6.45, 7) is 8.61. The van der Waals surface area contributed by atoms with Crippen LogP contribution in [-0.2, 0) is 0 Å². The highest BCUT2D eigenvalue weighted by molar-refractivity contribution is 5.43. The van der Waals surface area contributed by atoms with Gasteiger partial charge >= 0.3 is 0 Å². The van der Waals surface area contributed by atoms with Gasteiger partial charge in [0.1, 0.15) is 0 Å². The van der Waals surface area contributed by atoms with E-state index in [1.807, 2.05) is 18.2 Å². The fourth-order valence-corrected chi connectivity index (χ4v) is 3.27. The molecule has 1 N–H and O–H groups in total. The Hall–Kier alpha value is -1.30. The third-order valence-corrected chi connectivity index (χ3v) is 4.61. The lowest BCUT2D eigenvalue weighted by atomic mass is 10.0. The normalized spacial score (nSPS) is 21.6. The molecule has 0 bridgehead atoms. The van der Waals surface area contributed by atoms with Gasteiger partial charge in [0.2, 0.25) is 0 Å². The van der Waals surface area contributed by atoms with Crippen LogP contribution in [0.1, 0.15) is 25.5 Å². The molecule has 1 saturated heterocycles. The molecule has 124 valence electrons. The summed E-state index contributed by atoms with van der Waals surface area (Å²) in [6, 6.07) is 6.40. The van der Waals surface area contributed by atoms with Gasteiger partial charge in [0, 0.05) is 25.7 Å². The minimum Gasteiger partial charge on any atom is -0.493 e. The fourth-order valence-electron chi connectivity index (χ4n) is 3.27. The second kappa shape index (κ2) is 7.81. The Balaban J connectivity index is 2.18. The van der Waals surface area contributed by atoms with Crippen LogP contribution in [0.15, 0.2) is 18.2 Å².